The SMILES string of the molecule is CC[C@@H](C)NC(=O)[C@@H](CC)N(Cc1ccc(OC)cc1)C(=O)COc1ccc(Cl)cc1. The highest BCUT2D eigenvalue weighted by Gasteiger charge is 2.29. The molecule has 0 saturated carbocycles. The van der Waals surface area contributed by atoms with Crippen molar-refractivity contribution in [2.24, 2.45) is 0 Å². The first-order valence-electron chi connectivity index (χ1n) is 10.5. The number of methoxy groups -OCH3 is 1. The summed E-state index contributed by atoms with van der Waals surface area (Å²) in [6.07, 6.45) is 1.30. The Morgan fingerprint density at radius 2 is 1.61 bits per heavy atom. The largest absolute Gasteiger partial charge is 0.497 e. The first kappa shape index (κ1) is 24.5. The van der Waals surface area contributed by atoms with Crippen molar-refractivity contribution < 1.29 is 19.1 Å². The monoisotopic (exact) mass is 446 g/mol. The van der Waals surface area contributed by atoms with Gasteiger partial charge in [-0.25, -0.2) is 0 Å². The molecule has 0 heterocycles. The molecule has 0 unspecified atom stereocenters. The van der Waals surface area contributed by atoms with Crippen LogP contribution in [0.4, 0.5) is 0 Å². The van der Waals surface area contributed by atoms with Crippen LogP contribution in [-0.2, 0) is 16.1 Å². The third-order valence-electron chi connectivity index (χ3n) is 5.07. The Morgan fingerprint density at radius 3 is 2.16 bits per heavy atom. The maximum atomic E-state index is 13.1. The number of nitrogens with zero attached hydrogens (tertiary/aromatic N) is 1. The molecule has 6 nitrogen and oxygen atoms in total. The topological polar surface area (TPSA) is 67.9 Å². The van der Waals surface area contributed by atoms with E-state index < -0.39 is 6.04 Å². The fraction of sp³-hybridized carbons (Fsp3) is 0.417. The van der Waals surface area contributed by atoms with Gasteiger partial charge < -0.3 is 19.7 Å². The van der Waals surface area contributed by atoms with E-state index in [1.165, 1.54) is 0 Å². The normalized spacial score (nSPS) is 12.5. The molecule has 1 N–H and O–H groups in total. The summed E-state index contributed by atoms with van der Waals surface area (Å²) in [7, 11) is 1.60. The lowest BCUT2D eigenvalue weighted by atomic mass is 10.1. The van der Waals surface area contributed by atoms with Crippen molar-refractivity contribution in [3.8, 4) is 11.5 Å². The number of amides is 2. The van der Waals surface area contributed by atoms with Crippen molar-refractivity contribution in [2.45, 2.75) is 52.2 Å². The average Bonchev–Trinajstić information content (AvgIpc) is 2.78. The third kappa shape index (κ3) is 7.47. The van der Waals surface area contributed by atoms with Gasteiger partial charge in [0, 0.05) is 17.6 Å². The molecule has 0 aliphatic rings. The number of carbonyl (C=O) groups is 2. The van der Waals surface area contributed by atoms with E-state index in [1.54, 1.807) is 36.3 Å². The summed E-state index contributed by atoms with van der Waals surface area (Å²) >= 11 is 5.90. The van der Waals surface area contributed by atoms with Gasteiger partial charge in [-0.15, -0.1) is 0 Å². The summed E-state index contributed by atoms with van der Waals surface area (Å²) in [6, 6.07) is 13.7. The van der Waals surface area contributed by atoms with Gasteiger partial charge in [0.05, 0.1) is 7.11 Å². The number of hydrogen-bond acceptors (Lipinski definition) is 4. The van der Waals surface area contributed by atoms with Crippen LogP contribution in [0.1, 0.15) is 39.2 Å². The average molecular weight is 447 g/mol. The Hall–Kier alpha value is -2.73. The van der Waals surface area contributed by atoms with Crippen LogP contribution in [0, 0.1) is 0 Å². The summed E-state index contributed by atoms with van der Waals surface area (Å²) in [4.78, 5) is 27.6. The van der Waals surface area contributed by atoms with Gasteiger partial charge in [0.25, 0.3) is 5.91 Å². The lowest BCUT2D eigenvalue weighted by molar-refractivity contribution is -0.143. The van der Waals surface area contributed by atoms with E-state index in [2.05, 4.69) is 5.32 Å². The van der Waals surface area contributed by atoms with E-state index in [4.69, 9.17) is 21.1 Å². The number of halogens is 1. The molecule has 0 aliphatic carbocycles. The molecule has 168 valence electrons. The van der Waals surface area contributed by atoms with Crippen molar-refractivity contribution >= 4 is 23.4 Å². The second-order valence-electron chi connectivity index (χ2n) is 7.35. The Morgan fingerprint density at radius 1 is 1.00 bits per heavy atom. The molecule has 31 heavy (non-hydrogen) atoms. The Kier molecular flexibility index (Phi) is 9.66. The summed E-state index contributed by atoms with van der Waals surface area (Å²) in [5.74, 6) is 0.843. The minimum atomic E-state index is -0.600. The predicted molar refractivity (Wildman–Crippen MR) is 122 cm³/mol. The quantitative estimate of drug-likeness (QED) is 0.553. The fourth-order valence-electron chi connectivity index (χ4n) is 3.05. The number of hydrogen-bond donors (Lipinski definition) is 1. The van der Waals surface area contributed by atoms with Gasteiger partial charge in [0.1, 0.15) is 17.5 Å². The maximum absolute atomic E-state index is 13.1. The Labute approximate surface area is 189 Å². The molecule has 0 saturated heterocycles. The molecule has 0 fully saturated rings. The van der Waals surface area contributed by atoms with Crippen molar-refractivity contribution in [2.75, 3.05) is 13.7 Å². The minimum Gasteiger partial charge on any atom is -0.497 e. The van der Waals surface area contributed by atoms with E-state index in [9.17, 15) is 9.59 Å². The molecular weight excluding hydrogens is 416 g/mol. The molecular formula is C24H31ClN2O4. The van der Waals surface area contributed by atoms with Gasteiger partial charge in [-0.3, -0.25) is 9.59 Å². The van der Waals surface area contributed by atoms with Gasteiger partial charge in [-0.2, -0.15) is 0 Å². The summed E-state index contributed by atoms with van der Waals surface area (Å²) in [5, 5.41) is 3.58. The molecule has 2 atom stereocenters. The molecule has 2 aromatic carbocycles. The predicted octanol–water partition coefficient (Wildman–Crippen LogP) is 4.45. The number of carbonyl (C=O) groups excluding carboxylic acids is 2. The summed E-state index contributed by atoms with van der Waals surface area (Å²) < 4.78 is 10.9. The van der Waals surface area contributed by atoms with E-state index in [0.29, 0.717) is 23.7 Å². The fourth-order valence-corrected chi connectivity index (χ4v) is 3.17. The van der Waals surface area contributed by atoms with Crippen LogP contribution < -0.4 is 14.8 Å². The molecule has 2 amide bonds. The first-order valence-corrected chi connectivity index (χ1v) is 10.9. The number of ether oxygens (including phenoxy) is 2. The molecule has 7 heteroatoms. The van der Waals surface area contributed by atoms with Crippen LogP contribution in [0.2, 0.25) is 5.02 Å². The second kappa shape index (κ2) is 12.2. The summed E-state index contributed by atoms with van der Waals surface area (Å²) in [5.41, 5.74) is 0.899. The van der Waals surface area contributed by atoms with Crippen LogP contribution in [0.3, 0.4) is 0 Å². The standard InChI is InChI=1S/C24H31ClN2O4/c1-5-17(3)26-24(29)22(6-2)27(15-18-7-11-20(30-4)12-8-18)23(28)16-31-21-13-9-19(25)10-14-21/h7-14,17,22H,5-6,15-16H2,1-4H3,(H,26,29)/t17-,22-/m1/s1. The molecule has 2 rings (SSSR count). The van der Waals surface area contributed by atoms with Crippen molar-refractivity contribution in [3.05, 3.63) is 59.1 Å². The van der Waals surface area contributed by atoms with Crippen LogP contribution in [0.15, 0.2) is 48.5 Å². The molecule has 0 spiro atoms. The van der Waals surface area contributed by atoms with Gasteiger partial charge >= 0.3 is 0 Å². The highest BCUT2D eigenvalue weighted by Crippen LogP contribution is 2.18. The number of nitrogens with one attached hydrogen (secondary N) is 1. The smallest absolute Gasteiger partial charge is 0.261 e. The van der Waals surface area contributed by atoms with Crippen molar-refractivity contribution in [3.63, 3.8) is 0 Å². The van der Waals surface area contributed by atoms with E-state index in [-0.39, 0.29) is 24.5 Å². The Bertz CT molecular complexity index is 840. The van der Waals surface area contributed by atoms with Gasteiger partial charge in [-0.05, 0) is 61.7 Å². The summed E-state index contributed by atoms with van der Waals surface area (Å²) in [6.45, 7) is 5.97. The molecule has 0 aliphatic heterocycles. The van der Waals surface area contributed by atoms with E-state index in [0.717, 1.165) is 17.7 Å². The van der Waals surface area contributed by atoms with Crippen LogP contribution in [0.5, 0.6) is 11.5 Å². The zero-order chi connectivity index (χ0) is 22.8. The van der Waals surface area contributed by atoms with Crippen LogP contribution in [-0.4, -0.2) is 42.5 Å². The molecule has 0 radical (unpaired) electrons. The van der Waals surface area contributed by atoms with Gasteiger partial charge in [0.2, 0.25) is 5.91 Å². The second-order valence-corrected chi connectivity index (χ2v) is 7.79. The maximum Gasteiger partial charge on any atom is 0.261 e. The molecule has 0 aromatic heterocycles. The third-order valence-corrected chi connectivity index (χ3v) is 5.33. The van der Waals surface area contributed by atoms with E-state index in [1.807, 2.05) is 45.0 Å². The zero-order valence-electron chi connectivity index (χ0n) is 18.6. The molecule has 2 aromatic rings. The highest BCUT2D eigenvalue weighted by atomic mass is 35.5. The number of rotatable bonds is 11. The van der Waals surface area contributed by atoms with Crippen molar-refractivity contribution in [1.82, 2.24) is 10.2 Å². The van der Waals surface area contributed by atoms with Gasteiger partial charge in [-0.1, -0.05) is 37.6 Å². The lowest BCUT2D eigenvalue weighted by Gasteiger charge is -2.31. The lowest BCUT2D eigenvalue weighted by Crippen LogP contribution is -2.51. The zero-order valence-corrected chi connectivity index (χ0v) is 19.3. The number of benzene rings is 2. The van der Waals surface area contributed by atoms with Gasteiger partial charge in [0.15, 0.2) is 6.61 Å². The van der Waals surface area contributed by atoms with Crippen LogP contribution >= 0.6 is 11.6 Å². The van der Waals surface area contributed by atoms with Crippen LogP contribution in [0.25, 0.3) is 0 Å². The van der Waals surface area contributed by atoms with E-state index >= 15 is 0 Å². The molecule has 0 bridgehead atoms. The minimum absolute atomic E-state index is 0.0322. The first-order chi connectivity index (χ1) is 14.9. The van der Waals surface area contributed by atoms with Crippen molar-refractivity contribution in [1.29, 1.82) is 0 Å². The Balaban J connectivity index is 2.20. The highest BCUT2D eigenvalue weighted by molar-refractivity contribution is 6.30.